The van der Waals surface area contributed by atoms with Crippen molar-refractivity contribution in [1.29, 1.82) is 5.26 Å². The number of ether oxygens (including phenoxy) is 1. The summed E-state index contributed by atoms with van der Waals surface area (Å²) in [5.74, 6) is -0.138. The highest BCUT2D eigenvalue weighted by Crippen LogP contribution is 2.26. The standard InChI is InChI=1S/C15H13N3O3S/c1-9-12(14(19)21-2)13(18-15(20)17-9)22-8-11-6-4-3-5-10(11)7-16/h3-6H,8H2,1-2H3,(H,17,18,20). The zero-order chi connectivity index (χ0) is 16.1. The highest BCUT2D eigenvalue weighted by Gasteiger charge is 2.18. The molecule has 2 aromatic rings. The molecule has 0 fully saturated rings. The topological polar surface area (TPSA) is 95.8 Å². The van der Waals surface area contributed by atoms with Crippen molar-refractivity contribution in [2.75, 3.05) is 7.11 Å². The lowest BCUT2D eigenvalue weighted by Crippen LogP contribution is -2.19. The fraction of sp³-hybridized carbons (Fsp3) is 0.200. The summed E-state index contributed by atoms with van der Waals surface area (Å²) in [5.41, 5.74) is 1.48. The Kier molecular flexibility index (Phi) is 4.96. The monoisotopic (exact) mass is 315 g/mol. The number of aromatic nitrogens is 2. The van der Waals surface area contributed by atoms with Gasteiger partial charge in [0.15, 0.2) is 0 Å². The summed E-state index contributed by atoms with van der Waals surface area (Å²) in [6.45, 7) is 1.61. The van der Waals surface area contributed by atoms with Crippen LogP contribution in [0.2, 0.25) is 0 Å². The molecule has 1 N–H and O–H groups in total. The average Bonchev–Trinajstić information content (AvgIpc) is 2.52. The van der Waals surface area contributed by atoms with E-state index in [1.54, 1.807) is 19.1 Å². The Balaban J connectivity index is 2.36. The molecule has 6 nitrogen and oxygen atoms in total. The molecule has 0 atom stereocenters. The summed E-state index contributed by atoms with van der Waals surface area (Å²) in [7, 11) is 1.27. The van der Waals surface area contributed by atoms with E-state index in [4.69, 9.17) is 10.00 Å². The van der Waals surface area contributed by atoms with E-state index in [2.05, 4.69) is 16.0 Å². The highest BCUT2D eigenvalue weighted by molar-refractivity contribution is 7.98. The zero-order valence-electron chi connectivity index (χ0n) is 12.0. The minimum Gasteiger partial charge on any atom is -0.465 e. The third-order valence-corrected chi connectivity index (χ3v) is 4.00. The molecule has 0 aliphatic carbocycles. The zero-order valence-corrected chi connectivity index (χ0v) is 12.9. The predicted molar refractivity (Wildman–Crippen MR) is 81.7 cm³/mol. The minimum atomic E-state index is -0.558. The molecule has 0 bridgehead atoms. The maximum atomic E-state index is 11.9. The van der Waals surface area contributed by atoms with Crippen LogP contribution in [-0.4, -0.2) is 23.0 Å². The van der Waals surface area contributed by atoms with Crippen LogP contribution in [-0.2, 0) is 10.5 Å². The summed E-state index contributed by atoms with van der Waals surface area (Å²) in [4.78, 5) is 29.7. The van der Waals surface area contributed by atoms with E-state index >= 15 is 0 Å². The van der Waals surface area contributed by atoms with Gasteiger partial charge in [0.25, 0.3) is 0 Å². The molecule has 112 valence electrons. The highest BCUT2D eigenvalue weighted by atomic mass is 32.2. The molecule has 0 radical (unpaired) electrons. The molecule has 0 saturated heterocycles. The van der Waals surface area contributed by atoms with Crippen LogP contribution >= 0.6 is 11.8 Å². The Morgan fingerprint density at radius 1 is 1.45 bits per heavy atom. The second kappa shape index (κ2) is 6.91. The van der Waals surface area contributed by atoms with Gasteiger partial charge in [-0.1, -0.05) is 18.2 Å². The van der Waals surface area contributed by atoms with Gasteiger partial charge < -0.3 is 9.72 Å². The van der Waals surface area contributed by atoms with Gasteiger partial charge in [0.1, 0.15) is 10.6 Å². The number of nitriles is 1. The van der Waals surface area contributed by atoms with Gasteiger partial charge in [0.05, 0.1) is 18.7 Å². The SMILES string of the molecule is COC(=O)c1c(SCc2ccccc2C#N)nc(=O)[nH]c1C. The van der Waals surface area contributed by atoms with Gasteiger partial charge in [-0.2, -0.15) is 10.2 Å². The lowest BCUT2D eigenvalue weighted by Gasteiger charge is -2.09. The Labute approximate surface area is 131 Å². The number of H-pyrrole nitrogens is 1. The number of aryl methyl sites for hydroxylation is 1. The smallest absolute Gasteiger partial charge is 0.346 e. The summed E-state index contributed by atoms with van der Waals surface area (Å²) < 4.78 is 4.73. The van der Waals surface area contributed by atoms with Crippen molar-refractivity contribution < 1.29 is 9.53 Å². The number of aromatic amines is 1. The molecule has 0 spiro atoms. The van der Waals surface area contributed by atoms with Gasteiger partial charge in [-0.25, -0.2) is 9.59 Å². The molecule has 0 saturated carbocycles. The molecular formula is C15H13N3O3S. The number of carbonyl (C=O) groups excluding carboxylic acids is 1. The van der Waals surface area contributed by atoms with Gasteiger partial charge >= 0.3 is 11.7 Å². The number of hydrogen-bond donors (Lipinski definition) is 1. The quantitative estimate of drug-likeness (QED) is 0.527. The van der Waals surface area contributed by atoms with E-state index in [0.717, 1.165) is 5.56 Å². The van der Waals surface area contributed by atoms with Crippen molar-refractivity contribution in [2.24, 2.45) is 0 Å². The van der Waals surface area contributed by atoms with Crippen molar-refractivity contribution in [3.8, 4) is 6.07 Å². The first kappa shape index (κ1) is 15.8. The van der Waals surface area contributed by atoms with Crippen LogP contribution < -0.4 is 5.69 Å². The Bertz CT molecular complexity index is 808. The first-order valence-corrected chi connectivity index (χ1v) is 7.35. The first-order chi connectivity index (χ1) is 10.6. The lowest BCUT2D eigenvalue weighted by molar-refractivity contribution is 0.0594. The maximum Gasteiger partial charge on any atom is 0.346 e. The summed E-state index contributed by atoms with van der Waals surface area (Å²) >= 11 is 1.22. The number of benzene rings is 1. The molecule has 1 aromatic heterocycles. The number of methoxy groups -OCH3 is 1. The van der Waals surface area contributed by atoms with Crippen LogP contribution in [0.4, 0.5) is 0 Å². The molecule has 0 aliphatic heterocycles. The Hall–Kier alpha value is -2.59. The first-order valence-electron chi connectivity index (χ1n) is 6.37. The fourth-order valence-corrected chi connectivity index (χ4v) is 2.98. The minimum absolute atomic E-state index is 0.238. The van der Waals surface area contributed by atoms with E-state index in [1.165, 1.54) is 18.9 Å². The van der Waals surface area contributed by atoms with Crippen molar-refractivity contribution in [2.45, 2.75) is 17.7 Å². The molecule has 1 heterocycles. The fourth-order valence-electron chi connectivity index (χ4n) is 1.91. The molecule has 0 aliphatic rings. The normalized spacial score (nSPS) is 10.0. The van der Waals surface area contributed by atoms with E-state index in [9.17, 15) is 9.59 Å². The van der Waals surface area contributed by atoms with Crippen molar-refractivity contribution in [1.82, 2.24) is 9.97 Å². The second-order valence-corrected chi connectivity index (χ2v) is 5.36. The number of rotatable bonds is 4. The number of carbonyl (C=O) groups is 1. The number of nitrogens with zero attached hydrogens (tertiary/aromatic N) is 2. The van der Waals surface area contributed by atoms with Crippen molar-refractivity contribution in [3.05, 3.63) is 57.1 Å². The van der Waals surface area contributed by atoms with Gasteiger partial charge in [-0.15, -0.1) is 11.8 Å². The van der Waals surface area contributed by atoms with Crippen LogP contribution in [0.25, 0.3) is 0 Å². The molecular weight excluding hydrogens is 302 g/mol. The molecule has 2 rings (SSSR count). The van der Waals surface area contributed by atoms with Crippen LogP contribution in [0.5, 0.6) is 0 Å². The largest absolute Gasteiger partial charge is 0.465 e. The molecule has 7 heteroatoms. The van der Waals surface area contributed by atoms with E-state index < -0.39 is 11.7 Å². The third-order valence-electron chi connectivity index (χ3n) is 2.98. The van der Waals surface area contributed by atoms with Crippen LogP contribution in [0.3, 0.4) is 0 Å². The van der Waals surface area contributed by atoms with E-state index in [-0.39, 0.29) is 5.56 Å². The second-order valence-electron chi connectivity index (χ2n) is 4.40. The van der Waals surface area contributed by atoms with Gasteiger partial charge in [-0.05, 0) is 18.6 Å². The molecule has 22 heavy (non-hydrogen) atoms. The van der Waals surface area contributed by atoms with Gasteiger partial charge in [0, 0.05) is 11.4 Å². The third kappa shape index (κ3) is 3.35. The van der Waals surface area contributed by atoms with Crippen LogP contribution in [0.1, 0.15) is 27.2 Å². The van der Waals surface area contributed by atoms with Gasteiger partial charge in [-0.3, -0.25) is 0 Å². The van der Waals surface area contributed by atoms with Crippen molar-refractivity contribution in [3.63, 3.8) is 0 Å². The number of thioether (sulfide) groups is 1. The number of hydrogen-bond acceptors (Lipinski definition) is 6. The lowest BCUT2D eigenvalue weighted by atomic mass is 10.1. The maximum absolute atomic E-state index is 11.9. The van der Waals surface area contributed by atoms with Gasteiger partial charge in [0.2, 0.25) is 0 Å². The van der Waals surface area contributed by atoms with E-state index in [0.29, 0.717) is 22.0 Å². The molecule has 0 unspecified atom stereocenters. The van der Waals surface area contributed by atoms with Crippen LogP contribution in [0.15, 0.2) is 34.1 Å². The van der Waals surface area contributed by atoms with E-state index in [1.807, 2.05) is 12.1 Å². The summed E-state index contributed by atoms with van der Waals surface area (Å²) in [6.07, 6.45) is 0. The summed E-state index contributed by atoms with van der Waals surface area (Å²) in [5, 5.41) is 9.37. The Morgan fingerprint density at radius 2 is 2.18 bits per heavy atom. The number of esters is 1. The molecule has 1 aromatic carbocycles. The predicted octanol–water partition coefficient (Wildman–Crippen LogP) is 2.03. The Morgan fingerprint density at radius 3 is 2.86 bits per heavy atom. The average molecular weight is 315 g/mol. The molecule has 0 amide bonds. The number of nitrogens with one attached hydrogen (secondary N) is 1. The van der Waals surface area contributed by atoms with Crippen LogP contribution in [0, 0.1) is 18.3 Å². The summed E-state index contributed by atoms with van der Waals surface area (Å²) in [6, 6.07) is 9.26. The van der Waals surface area contributed by atoms with Crippen molar-refractivity contribution >= 4 is 17.7 Å².